The third-order valence-electron chi connectivity index (χ3n) is 5.87. The molecule has 0 radical (unpaired) electrons. The van der Waals surface area contributed by atoms with Gasteiger partial charge in [-0.2, -0.15) is 8.42 Å². The SMILES string of the molecule is O=C(Nc1c(OS(=O)(=O)O)nn2ccc(N3CCC[C@@H]3c3cc(F)ccc3F)nc12)N1CC(O)C1. The quantitative estimate of drug-likeness (QED) is 0.436. The second-order valence-corrected chi connectivity index (χ2v) is 9.27. The molecule has 2 fully saturated rings. The van der Waals surface area contributed by atoms with Crippen molar-refractivity contribution < 1.29 is 35.8 Å². The molecule has 0 unspecified atom stereocenters. The predicted molar refractivity (Wildman–Crippen MR) is 117 cm³/mol. The second kappa shape index (κ2) is 8.58. The van der Waals surface area contributed by atoms with Crippen LogP contribution in [0.2, 0.25) is 0 Å². The summed E-state index contributed by atoms with van der Waals surface area (Å²) in [4.78, 5) is 20.0. The van der Waals surface area contributed by atoms with Gasteiger partial charge in [0.05, 0.1) is 25.2 Å². The zero-order valence-corrected chi connectivity index (χ0v) is 18.8. The molecular formula is C20H20F2N6O6S. The number of aromatic nitrogens is 3. The fourth-order valence-corrected chi connectivity index (χ4v) is 4.58. The number of aliphatic hydroxyl groups excluding tert-OH is 1. The molecule has 35 heavy (non-hydrogen) atoms. The Bertz CT molecular complexity index is 1410. The van der Waals surface area contributed by atoms with Crippen LogP contribution in [-0.2, 0) is 10.4 Å². The minimum atomic E-state index is -4.98. The number of carbonyl (C=O) groups is 1. The number of nitrogens with one attached hydrogen (secondary N) is 1. The summed E-state index contributed by atoms with van der Waals surface area (Å²) in [6, 6.07) is 3.62. The molecule has 4 heterocycles. The van der Waals surface area contributed by atoms with Crippen molar-refractivity contribution in [3.05, 3.63) is 47.7 Å². The van der Waals surface area contributed by atoms with Gasteiger partial charge in [0.2, 0.25) is 0 Å². The number of β-amino-alcohol motifs (C(OH)–C–C–N with tert-alkyl or cyclic N) is 1. The van der Waals surface area contributed by atoms with Crippen LogP contribution < -0.4 is 14.4 Å². The summed E-state index contributed by atoms with van der Waals surface area (Å²) in [6.07, 6.45) is 1.99. The highest BCUT2D eigenvalue weighted by atomic mass is 32.3. The van der Waals surface area contributed by atoms with Crippen LogP contribution in [0.15, 0.2) is 30.5 Å². The fraction of sp³-hybridized carbons (Fsp3) is 0.350. The molecule has 2 amide bonds. The Morgan fingerprint density at radius 1 is 1.23 bits per heavy atom. The summed E-state index contributed by atoms with van der Waals surface area (Å²) in [5.74, 6) is -1.40. The molecule has 1 aromatic carbocycles. The van der Waals surface area contributed by atoms with E-state index in [-0.39, 0.29) is 30.0 Å². The van der Waals surface area contributed by atoms with E-state index in [2.05, 4.69) is 19.6 Å². The number of urea groups is 1. The summed E-state index contributed by atoms with van der Waals surface area (Å²) in [6.45, 7) is 0.638. The number of aliphatic hydroxyl groups is 1. The van der Waals surface area contributed by atoms with Crippen molar-refractivity contribution in [3.8, 4) is 5.88 Å². The normalized spacial score (nSPS) is 18.7. The van der Waals surface area contributed by atoms with Gasteiger partial charge in [0.1, 0.15) is 17.5 Å². The van der Waals surface area contributed by atoms with E-state index in [1.807, 2.05) is 0 Å². The molecule has 3 aromatic rings. The van der Waals surface area contributed by atoms with Crippen molar-refractivity contribution in [2.24, 2.45) is 0 Å². The Balaban J connectivity index is 1.54. The molecule has 1 atom stereocenters. The number of benzene rings is 1. The Hall–Kier alpha value is -3.56. The highest BCUT2D eigenvalue weighted by Gasteiger charge is 2.33. The number of hydrogen-bond acceptors (Lipinski definition) is 8. The number of nitrogens with zero attached hydrogens (tertiary/aromatic N) is 5. The summed E-state index contributed by atoms with van der Waals surface area (Å²) < 4.78 is 65.8. The van der Waals surface area contributed by atoms with Crippen LogP contribution in [0.5, 0.6) is 5.88 Å². The molecule has 2 saturated heterocycles. The van der Waals surface area contributed by atoms with Crippen LogP contribution in [0.25, 0.3) is 5.65 Å². The highest BCUT2D eigenvalue weighted by molar-refractivity contribution is 7.81. The van der Waals surface area contributed by atoms with E-state index in [4.69, 9.17) is 4.55 Å². The summed E-state index contributed by atoms with van der Waals surface area (Å²) >= 11 is 0. The average Bonchev–Trinajstić information content (AvgIpc) is 3.37. The van der Waals surface area contributed by atoms with Crippen LogP contribution in [-0.4, -0.2) is 69.3 Å². The van der Waals surface area contributed by atoms with Crippen molar-refractivity contribution in [2.45, 2.75) is 25.0 Å². The van der Waals surface area contributed by atoms with Gasteiger partial charge < -0.3 is 19.1 Å². The molecular weight excluding hydrogens is 490 g/mol. The number of fused-ring (bicyclic) bond motifs is 1. The van der Waals surface area contributed by atoms with Gasteiger partial charge in [0.25, 0.3) is 5.88 Å². The number of halogens is 2. The largest absolute Gasteiger partial charge is 0.448 e. The van der Waals surface area contributed by atoms with E-state index in [9.17, 15) is 27.1 Å². The second-order valence-electron chi connectivity index (χ2n) is 8.25. The molecule has 0 spiro atoms. The van der Waals surface area contributed by atoms with Crippen LogP contribution in [0, 0.1) is 11.6 Å². The van der Waals surface area contributed by atoms with Crippen molar-refractivity contribution in [3.63, 3.8) is 0 Å². The topological polar surface area (TPSA) is 150 Å². The fourth-order valence-electron chi connectivity index (χ4n) is 4.27. The maximum absolute atomic E-state index is 14.5. The Morgan fingerprint density at radius 2 is 2.00 bits per heavy atom. The van der Waals surface area contributed by atoms with E-state index in [1.165, 1.54) is 11.1 Å². The first-order valence-corrected chi connectivity index (χ1v) is 12.0. The van der Waals surface area contributed by atoms with Crippen molar-refractivity contribution in [2.75, 3.05) is 29.9 Å². The Labute approximate surface area is 197 Å². The monoisotopic (exact) mass is 510 g/mol. The van der Waals surface area contributed by atoms with Gasteiger partial charge in [-0.15, -0.1) is 5.10 Å². The van der Waals surface area contributed by atoms with Crippen molar-refractivity contribution in [1.29, 1.82) is 0 Å². The van der Waals surface area contributed by atoms with E-state index < -0.39 is 46.1 Å². The van der Waals surface area contributed by atoms with Crippen molar-refractivity contribution >= 4 is 33.6 Å². The molecule has 5 rings (SSSR count). The first-order chi connectivity index (χ1) is 16.6. The predicted octanol–water partition coefficient (Wildman–Crippen LogP) is 1.74. The lowest BCUT2D eigenvalue weighted by Gasteiger charge is -2.35. The average molecular weight is 510 g/mol. The van der Waals surface area contributed by atoms with Gasteiger partial charge >= 0.3 is 16.4 Å². The molecule has 2 aromatic heterocycles. The standard InChI is InChI=1S/C20H20F2N6O6S/c21-11-3-4-14(22)13(8-11)15-2-1-6-27(15)16-5-7-28-18(23-16)17(19(25-28)34-35(31,32)33)24-20(30)26-9-12(29)10-26/h3-5,7-8,12,15,29H,1-2,6,9-10H2,(H,24,30)(H,31,32,33)/t15-/m1/s1. The van der Waals surface area contributed by atoms with Gasteiger partial charge in [-0.1, -0.05) is 0 Å². The Kier molecular flexibility index (Phi) is 5.69. The van der Waals surface area contributed by atoms with Crippen molar-refractivity contribution in [1.82, 2.24) is 19.5 Å². The lowest BCUT2D eigenvalue weighted by molar-refractivity contribution is 0.0309. The Morgan fingerprint density at radius 3 is 2.71 bits per heavy atom. The van der Waals surface area contributed by atoms with E-state index in [0.29, 0.717) is 25.2 Å². The van der Waals surface area contributed by atoms with Crippen LogP contribution >= 0.6 is 0 Å². The molecule has 2 aliphatic rings. The van der Waals surface area contributed by atoms with Gasteiger partial charge in [0, 0.05) is 18.3 Å². The summed E-state index contributed by atoms with van der Waals surface area (Å²) in [5.41, 5.74) is -0.0672. The maximum Gasteiger partial charge on any atom is 0.448 e. The first-order valence-electron chi connectivity index (χ1n) is 10.6. The maximum atomic E-state index is 14.5. The lowest BCUT2D eigenvalue weighted by Crippen LogP contribution is -2.54. The summed E-state index contributed by atoms with van der Waals surface area (Å²) in [5, 5.41) is 15.8. The molecule has 3 N–H and O–H groups in total. The number of hydrogen-bond donors (Lipinski definition) is 3. The van der Waals surface area contributed by atoms with E-state index >= 15 is 0 Å². The molecule has 0 bridgehead atoms. The number of anilines is 2. The van der Waals surface area contributed by atoms with Gasteiger partial charge in [-0.05, 0) is 37.1 Å². The number of amides is 2. The lowest BCUT2D eigenvalue weighted by atomic mass is 10.0. The number of likely N-dealkylation sites (tertiary alicyclic amines) is 1. The molecule has 186 valence electrons. The molecule has 12 nitrogen and oxygen atoms in total. The smallest absolute Gasteiger partial charge is 0.389 e. The van der Waals surface area contributed by atoms with E-state index in [1.54, 1.807) is 11.0 Å². The first kappa shape index (κ1) is 23.2. The minimum absolute atomic E-state index is 0.0130. The van der Waals surface area contributed by atoms with Crippen LogP contribution in [0.3, 0.4) is 0 Å². The molecule has 0 saturated carbocycles. The zero-order chi connectivity index (χ0) is 24.9. The third kappa shape index (κ3) is 4.56. The third-order valence-corrected chi connectivity index (χ3v) is 6.24. The van der Waals surface area contributed by atoms with Crippen LogP contribution in [0.1, 0.15) is 24.4 Å². The summed E-state index contributed by atoms with van der Waals surface area (Å²) in [7, 11) is -4.98. The van der Waals surface area contributed by atoms with Gasteiger partial charge in [0.15, 0.2) is 11.3 Å². The molecule has 0 aliphatic carbocycles. The zero-order valence-electron chi connectivity index (χ0n) is 18.0. The minimum Gasteiger partial charge on any atom is -0.389 e. The molecule has 15 heteroatoms. The van der Waals surface area contributed by atoms with Gasteiger partial charge in [-0.25, -0.2) is 23.1 Å². The number of carbonyl (C=O) groups excluding carboxylic acids is 1. The van der Waals surface area contributed by atoms with E-state index in [0.717, 1.165) is 22.7 Å². The van der Waals surface area contributed by atoms with Gasteiger partial charge in [-0.3, -0.25) is 9.87 Å². The van der Waals surface area contributed by atoms with Crippen LogP contribution in [0.4, 0.5) is 25.1 Å². The molecule has 2 aliphatic heterocycles. The number of rotatable bonds is 5. The highest BCUT2D eigenvalue weighted by Crippen LogP contribution is 2.38.